The van der Waals surface area contributed by atoms with Crippen LogP contribution in [0.2, 0.25) is 0 Å². The summed E-state index contributed by atoms with van der Waals surface area (Å²) in [5.41, 5.74) is 0. The summed E-state index contributed by atoms with van der Waals surface area (Å²) in [5.74, 6) is 0. The Hall–Kier alpha value is -0.160. The second-order valence-electron chi connectivity index (χ2n) is 3.47. The Morgan fingerprint density at radius 2 is 2.08 bits per heavy atom. The van der Waals surface area contributed by atoms with Crippen molar-refractivity contribution in [1.82, 2.24) is 4.90 Å². The van der Waals surface area contributed by atoms with Crippen LogP contribution in [0, 0.1) is 0 Å². The highest BCUT2D eigenvalue weighted by Gasteiger charge is 2.17. The largest absolute Gasteiger partial charge is 0.395 e. The predicted molar refractivity (Wildman–Crippen MR) is 49.5 cm³/mol. The Morgan fingerprint density at radius 1 is 1.46 bits per heavy atom. The zero-order chi connectivity index (χ0) is 9.68. The van der Waals surface area contributed by atoms with E-state index < -0.39 is 0 Å². The molecule has 1 saturated heterocycles. The molecule has 4 heteroatoms. The van der Waals surface area contributed by atoms with Gasteiger partial charge in [0, 0.05) is 19.0 Å². The zero-order valence-corrected chi connectivity index (χ0v) is 8.40. The number of nitrogens with zero attached hydrogens (tertiary/aromatic N) is 1. The van der Waals surface area contributed by atoms with Gasteiger partial charge in [-0.05, 0) is 14.0 Å². The molecule has 0 aromatic rings. The van der Waals surface area contributed by atoms with Crippen molar-refractivity contribution in [3.63, 3.8) is 0 Å². The average Bonchev–Trinajstić information content (AvgIpc) is 2.65. The van der Waals surface area contributed by atoms with Gasteiger partial charge in [-0.2, -0.15) is 0 Å². The van der Waals surface area contributed by atoms with Crippen molar-refractivity contribution in [3.8, 4) is 0 Å². The molecule has 1 fully saturated rings. The smallest absolute Gasteiger partial charge is 0.159 e. The first-order valence-corrected chi connectivity index (χ1v) is 4.78. The first kappa shape index (κ1) is 10.9. The summed E-state index contributed by atoms with van der Waals surface area (Å²) in [7, 11) is 2.00. The van der Waals surface area contributed by atoms with Crippen LogP contribution in [0.4, 0.5) is 0 Å². The van der Waals surface area contributed by atoms with Crippen LogP contribution < -0.4 is 0 Å². The van der Waals surface area contributed by atoms with Crippen molar-refractivity contribution in [2.75, 3.05) is 33.4 Å². The van der Waals surface area contributed by atoms with Crippen LogP contribution in [0.1, 0.15) is 13.3 Å². The zero-order valence-electron chi connectivity index (χ0n) is 8.40. The van der Waals surface area contributed by atoms with Gasteiger partial charge in [-0.1, -0.05) is 0 Å². The molecule has 0 amide bonds. The lowest BCUT2D eigenvalue weighted by molar-refractivity contribution is -0.0526. The number of hydrogen-bond acceptors (Lipinski definition) is 4. The fourth-order valence-electron chi connectivity index (χ4n) is 1.24. The van der Waals surface area contributed by atoms with Gasteiger partial charge in [-0.3, -0.25) is 0 Å². The minimum atomic E-state index is -0.0339. The number of ether oxygens (including phenoxy) is 2. The monoisotopic (exact) mass is 189 g/mol. The van der Waals surface area contributed by atoms with Crippen LogP contribution in [-0.4, -0.2) is 55.8 Å². The van der Waals surface area contributed by atoms with Crippen molar-refractivity contribution in [2.45, 2.75) is 25.7 Å². The van der Waals surface area contributed by atoms with Crippen LogP contribution in [0.5, 0.6) is 0 Å². The predicted octanol–water partition coefficient (Wildman–Crippen LogP) is 0.0620. The summed E-state index contributed by atoms with van der Waals surface area (Å²) in [6.45, 7) is 4.51. The van der Waals surface area contributed by atoms with Crippen LogP contribution in [-0.2, 0) is 9.47 Å². The molecular formula is C9H19NO3. The van der Waals surface area contributed by atoms with Crippen molar-refractivity contribution in [3.05, 3.63) is 0 Å². The topological polar surface area (TPSA) is 41.9 Å². The highest BCUT2D eigenvalue weighted by Crippen LogP contribution is 2.08. The van der Waals surface area contributed by atoms with E-state index in [0.29, 0.717) is 13.2 Å². The number of aliphatic hydroxyl groups excluding tert-OH is 1. The number of rotatable bonds is 5. The van der Waals surface area contributed by atoms with Gasteiger partial charge in [0.2, 0.25) is 0 Å². The van der Waals surface area contributed by atoms with E-state index in [-0.39, 0.29) is 18.9 Å². The normalized spacial score (nSPS) is 21.2. The highest BCUT2D eigenvalue weighted by molar-refractivity contribution is 4.63. The highest BCUT2D eigenvalue weighted by atomic mass is 16.7. The van der Waals surface area contributed by atoms with Crippen molar-refractivity contribution in [1.29, 1.82) is 0 Å². The molecule has 0 saturated carbocycles. The van der Waals surface area contributed by atoms with Gasteiger partial charge < -0.3 is 19.5 Å². The van der Waals surface area contributed by atoms with E-state index in [1.54, 1.807) is 0 Å². The molecule has 13 heavy (non-hydrogen) atoms. The minimum Gasteiger partial charge on any atom is -0.395 e. The summed E-state index contributed by atoms with van der Waals surface area (Å²) >= 11 is 0. The third-order valence-corrected chi connectivity index (χ3v) is 2.42. The van der Waals surface area contributed by atoms with Gasteiger partial charge in [-0.15, -0.1) is 0 Å². The Morgan fingerprint density at radius 3 is 2.62 bits per heavy atom. The summed E-state index contributed by atoms with van der Waals surface area (Å²) < 4.78 is 10.6. The summed E-state index contributed by atoms with van der Waals surface area (Å²) in [6, 6.07) is 0.210. The molecule has 1 N–H and O–H groups in total. The molecule has 1 aliphatic rings. The third-order valence-electron chi connectivity index (χ3n) is 2.42. The first-order chi connectivity index (χ1) is 6.24. The molecule has 0 aliphatic carbocycles. The van der Waals surface area contributed by atoms with Crippen LogP contribution in [0.3, 0.4) is 0 Å². The van der Waals surface area contributed by atoms with Gasteiger partial charge in [0.05, 0.1) is 19.8 Å². The minimum absolute atomic E-state index is 0.0339. The second kappa shape index (κ2) is 5.54. The molecule has 0 aromatic carbocycles. The average molecular weight is 189 g/mol. The first-order valence-electron chi connectivity index (χ1n) is 4.78. The molecule has 1 aliphatic heterocycles. The maximum Gasteiger partial charge on any atom is 0.159 e. The second-order valence-corrected chi connectivity index (χ2v) is 3.47. The SMILES string of the molecule is CC(CO)N(C)CCC1OCCO1. The Labute approximate surface area is 79.4 Å². The molecule has 0 bridgehead atoms. The van der Waals surface area contributed by atoms with Crippen molar-refractivity contribution >= 4 is 0 Å². The fourth-order valence-corrected chi connectivity index (χ4v) is 1.24. The van der Waals surface area contributed by atoms with Crippen LogP contribution in [0.15, 0.2) is 0 Å². The molecule has 0 aromatic heterocycles. The van der Waals surface area contributed by atoms with Gasteiger partial charge in [-0.25, -0.2) is 0 Å². The van der Waals surface area contributed by atoms with Crippen molar-refractivity contribution in [2.24, 2.45) is 0 Å². The van der Waals surface area contributed by atoms with Gasteiger partial charge in [0.25, 0.3) is 0 Å². The molecule has 1 heterocycles. The maximum absolute atomic E-state index is 8.89. The van der Waals surface area contributed by atoms with E-state index in [1.165, 1.54) is 0 Å². The van der Waals surface area contributed by atoms with E-state index in [1.807, 2.05) is 14.0 Å². The molecule has 4 nitrogen and oxygen atoms in total. The number of aliphatic hydroxyl groups is 1. The standard InChI is InChI=1S/C9H19NO3/c1-8(7-11)10(2)4-3-9-12-5-6-13-9/h8-9,11H,3-7H2,1-2H3. The lowest BCUT2D eigenvalue weighted by Gasteiger charge is -2.23. The fraction of sp³-hybridized carbons (Fsp3) is 1.00. The quantitative estimate of drug-likeness (QED) is 0.664. The molecule has 78 valence electrons. The third kappa shape index (κ3) is 3.60. The molecular weight excluding hydrogens is 170 g/mol. The molecule has 1 unspecified atom stereocenters. The van der Waals surface area contributed by atoms with E-state index in [2.05, 4.69) is 4.90 Å². The molecule has 0 spiro atoms. The van der Waals surface area contributed by atoms with E-state index in [9.17, 15) is 0 Å². The summed E-state index contributed by atoms with van der Waals surface area (Å²) in [4.78, 5) is 2.10. The van der Waals surface area contributed by atoms with Gasteiger partial charge in [0.1, 0.15) is 0 Å². The molecule has 1 rings (SSSR count). The lowest BCUT2D eigenvalue weighted by Crippen LogP contribution is -2.34. The number of likely N-dealkylation sites (N-methyl/N-ethyl adjacent to an activating group) is 1. The Balaban J connectivity index is 2.10. The summed E-state index contributed by atoms with van der Waals surface area (Å²) in [5, 5.41) is 8.89. The maximum atomic E-state index is 8.89. The Bertz CT molecular complexity index is 137. The molecule has 0 radical (unpaired) electrons. The van der Waals surface area contributed by atoms with Crippen LogP contribution >= 0.6 is 0 Å². The van der Waals surface area contributed by atoms with Crippen LogP contribution in [0.25, 0.3) is 0 Å². The van der Waals surface area contributed by atoms with Crippen molar-refractivity contribution < 1.29 is 14.6 Å². The van der Waals surface area contributed by atoms with Gasteiger partial charge in [0.15, 0.2) is 6.29 Å². The number of hydrogen-bond donors (Lipinski definition) is 1. The summed E-state index contributed by atoms with van der Waals surface area (Å²) in [6.07, 6.45) is 0.842. The van der Waals surface area contributed by atoms with Gasteiger partial charge >= 0.3 is 0 Å². The van der Waals surface area contributed by atoms with E-state index in [0.717, 1.165) is 13.0 Å². The lowest BCUT2D eigenvalue weighted by atomic mass is 10.3. The molecule has 1 atom stereocenters. The van der Waals surface area contributed by atoms with E-state index >= 15 is 0 Å². The Kier molecular flexibility index (Phi) is 4.66. The van der Waals surface area contributed by atoms with E-state index in [4.69, 9.17) is 14.6 Å².